The predicted molar refractivity (Wildman–Crippen MR) is 76.2 cm³/mol. The Hall–Kier alpha value is -1.07. The van der Waals surface area contributed by atoms with Gasteiger partial charge in [-0.25, -0.2) is 0 Å². The second-order valence-electron chi connectivity index (χ2n) is 3.51. The highest BCUT2D eigenvalue weighted by molar-refractivity contribution is 9.13. The van der Waals surface area contributed by atoms with E-state index in [1.165, 1.54) is 0 Å². The summed E-state index contributed by atoms with van der Waals surface area (Å²) in [6, 6.07) is 3.85. The van der Waals surface area contributed by atoms with Crippen LogP contribution in [0.1, 0.15) is 10.4 Å². The van der Waals surface area contributed by atoms with E-state index < -0.39 is 0 Å². The van der Waals surface area contributed by atoms with Crippen molar-refractivity contribution in [2.75, 3.05) is 6.54 Å². The van der Waals surface area contributed by atoms with E-state index in [2.05, 4.69) is 48.7 Å². The molecule has 0 atom stereocenters. The highest BCUT2D eigenvalue weighted by atomic mass is 79.9. The Morgan fingerprint density at radius 3 is 2.82 bits per heavy atom. The molecule has 88 valence electrons. The topological polar surface area (TPSA) is 44.9 Å². The molecule has 2 rings (SSSR count). The molecule has 1 amide bonds. The van der Waals surface area contributed by atoms with Crippen molar-refractivity contribution in [3.05, 3.63) is 45.5 Å². The summed E-state index contributed by atoms with van der Waals surface area (Å²) in [5.41, 5.74) is 1.55. The number of carbonyl (C=O) groups is 1. The van der Waals surface area contributed by atoms with E-state index in [1.807, 2.05) is 12.1 Å². The summed E-state index contributed by atoms with van der Waals surface area (Å²) in [4.78, 5) is 14.9. The summed E-state index contributed by atoms with van der Waals surface area (Å²) >= 11 is 6.85. The minimum absolute atomic E-state index is 0.106. The summed E-state index contributed by atoms with van der Waals surface area (Å²) in [7, 11) is 0. The quantitative estimate of drug-likeness (QED) is 0.810. The fraction of sp³-hybridized carbons (Fsp3) is 0.0833. The number of H-pyrrole nitrogens is 1. The van der Waals surface area contributed by atoms with E-state index in [1.54, 1.807) is 12.3 Å². The summed E-state index contributed by atoms with van der Waals surface area (Å²) in [5, 5.41) is 3.65. The maximum atomic E-state index is 11.9. The Balaban J connectivity index is 2.45. The van der Waals surface area contributed by atoms with Gasteiger partial charge in [0, 0.05) is 32.6 Å². The smallest absolute Gasteiger partial charge is 0.253 e. The third kappa shape index (κ3) is 2.45. The molecule has 17 heavy (non-hydrogen) atoms. The normalized spacial score (nSPS) is 10.5. The van der Waals surface area contributed by atoms with Crippen LogP contribution in [0, 0.1) is 0 Å². The van der Waals surface area contributed by atoms with Crippen molar-refractivity contribution < 1.29 is 4.79 Å². The van der Waals surface area contributed by atoms with Crippen molar-refractivity contribution in [3.63, 3.8) is 0 Å². The molecule has 2 N–H and O–H groups in total. The van der Waals surface area contributed by atoms with Crippen molar-refractivity contribution in [2.45, 2.75) is 0 Å². The Labute approximate surface area is 116 Å². The molecular weight excluding hydrogens is 348 g/mol. The number of halogens is 2. The van der Waals surface area contributed by atoms with E-state index >= 15 is 0 Å². The van der Waals surface area contributed by atoms with E-state index in [9.17, 15) is 4.79 Å². The first-order valence-electron chi connectivity index (χ1n) is 4.98. The number of hydrogen-bond donors (Lipinski definition) is 2. The molecule has 1 aromatic carbocycles. The zero-order chi connectivity index (χ0) is 12.4. The Morgan fingerprint density at radius 1 is 1.41 bits per heavy atom. The Morgan fingerprint density at radius 2 is 2.12 bits per heavy atom. The van der Waals surface area contributed by atoms with Gasteiger partial charge in [0.2, 0.25) is 0 Å². The van der Waals surface area contributed by atoms with Crippen LogP contribution in [0.25, 0.3) is 10.9 Å². The van der Waals surface area contributed by atoms with Crippen molar-refractivity contribution in [2.24, 2.45) is 0 Å². The van der Waals surface area contributed by atoms with E-state index in [-0.39, 0.29) is 5.91 Å². The second-order valence-corrected chi connectivity index (χ2v) is 5.22. The van der Waals surface area contributed by atoms with Crippen molar-refractivity contribution >= 4 is 48.7 Å². The van der Waals surface area contributed by atoms with Gasteiger partial charge in [-0.3, -0.25) is 4.79 Å². The predicted octanol–water partition coefficient (Wildman–Crippen LogP) is 3.61. The number of aromatic nitrogens is 1. The van der Waals surface area contributed by atoms with E-state index in [4.69, 9.17) is 0 Å². The van der Waals surface area contributed by atoms with Crippen LogP contribution in [0.2, 0.25) is 0 Å². The summed E-state index contributed by atoms with van der Waals surface area (Å²) in [5.74, 6) is -0.106. The summed E-state index contributed by atoms with van der Waals surface area (Å²) < 4.78 is 1.87. The van der Waals surface area contributed by atoms with Crippen LogP contribution >= 0.6 is 31.9 Å². The first-order valence-corrected chi connectivity index (χ1v) is 6.57. The highest BCUT2D eigenvalue weighted by Crippen LogP contribution is 2.29. The fourth-order valence-corrected chi connectivity index (χ4v) is 2.25. The van der Waals surface area contributed by atoms with Gasteiger partial charge in [-0.1, -0.05) is 6.08 Å². The minimum Gasteiger partial charge on any atom is -0.360 e. The van der Waals surface area contributed by atoms with Crippen LogP contribution < -0.4 is 5.32 Å². The first kappa shape index (κ1) is 12.4. The minimum atomic E-state index is -0.106. The van der Waals surface area contributed by atoms with Crippen LogP contribution in [0.5, 0.6) is 0 Å². The maximum Gasteiger partial charge on any atom is 0.253 e. The SMILES string of the molecule is C=CCNC(=O)c1c[nH]c2cc(Br)c(Br)cc12. The van der Waals surface area contributed by atoms with Crippen molar-refractivity contribution in [1.82, 2.24) is 10.3 Å². The lowest BCUT2D eigenvalue weighted by atomic mass is 10.1. The fourth-order valence-electron chi connectivity index (χ4n) is 1.56. The molecule has 0 radical (unpaired) electrons. The monoisotopic (exact) mass is 356 g/mol. The number of benzene rings is 1. The van der Waals surface area contributed by atoms with Gasteiger partial charge >= 0.3 is 0 Å². The largest absolute Gasteiger partial charge is 0.360 e. The summed E-state index contributed by atoms with van der Waals surface area (Å²) in [6.45, 7) is 4.03. The molecule has 0 saturated heterocycles. The van der Waals surface area contributed by atoms with E-state index in [0.717, 1.165) is 19.8 Å². The number of amides is 1. The maximum absolute atomic E-state index is 11.9. The molecule has 0 fully saturated rings. The zero-order valence-corrected chi connectivity index (χ0v) is 12.1. The van der Waals surface area contributed by atoms with Gasteiger partial charge < -0.3 is 10.3 Å². The van der Waals surface area contributed by atoms with Gasteiger partial charge in [0.05, 0.1) is 5.56 Å². The molecule has 3 nitrogen and oxygen atoms in total. The van der Waals surface area contributed by atoms with Gasteiger partial charge in [0.15, 0.2) is 0 Å². The van der Waals surface area contributed by atoms with Gasteiger partial charge in [-0.05, 0) is 44.0 Å². The number of nitrogens with one attached hydrogen (secondary N) is 2. The van der Waals surface area contributed by atoms with Crippen LogP contribution in [-0.4, -0.2) is 17.4 Å². The molecular formula is C12H10Br2N2O. The molecule has 0 spiro atoms. The van der Waals surface area contributed by atoms with Crippen LogP contribution in [0.15, 0.2) is 39.9 Å². The Bertz CT molecular complexity index is 589. The lowest BCUT2D eigenvalue weighted by Crippen LogP contribution is -2.22. The number of rotatable bonds is 3. The molecule has 0 aliphatic carbocycles. The number of carbonyl (C=O) groups excluding carboxylic acids is 1. The molecule has 0 aliphatic rings. The third-order valence-electron chi connectivity index (χ3n) is 2.37. The van der Waals surface area contributed by atoms with Crippen molar-refractivity contribution in [3.8, 4) is 0 Å². The van der Waals surface area contributed by atoms with Crippen LogP contribution in [0.3, 0.4) is 0 Å². The molecule has 0 unspecified atom stereocenters. The number of fused-ring (bicyclic) bond motifs is 1. The zero-order valence-electron chi connectivity index (χ0n) is 8.89. The van der Waals surface area contributed by atoms with Gasteiger partial charge in [0.25, 0.3) is 5.91 Å². The molecule has 2 aromatic rings. The average Bonchev–Trinajstić information content (AvgIpc) is 2.69. The number of hydrogen-bond acceptors (Lipinski definition) is 1. The lowest BCUT2D eigenvalue weighted by molar-refractivity contribution is 0.0959. The summed E-state index contributed by atoms with van der Waals surface area (Å²) in [6.07, 6.45) is 3.36. The molecule has 0 saturated carbocycles. The Kier molecular flexibility index (Phi) is 3.69. The van der Waals surface area contributed by atoms with Crippen LogP contribution in [0.4, 0.5) is 0 Å². The van der Waals surface area contributed by atoms with Gasteiger partial charge in [-0.2, -0.15) is 0 Å². The first-order chi connectivity index (χ1) is 8.13. The molecule has 0 bridgehead atoms. The lowest BCUT2D eigenvalue weighted by Gasteiger charge is -2.01. The number of aromatic amines is 1. The second kappa shape index (κ2) is 5.06. The standard InChI is InChI=1S/C12H10Br2N2O/c1-2-3-15-12(17)8-6-16-11-5-10(14)9(13)4-7(8)11/h2,4-6,16H,1,3H2,(H,15,17). The molecule has 1 heterocycles. The van der Waals surface area contributed by atoms with Gasteiger partial charge in [0.1, 0.15) is 0 Å². The molecule has 5 heteroatoms. The average molecular weight is 358 g/mol. The third-order valence-corrected chi connectivity index (χ3v) is 4.22. The molecule has 0 aliphatic heterocycles. The van der Waals surface area contributed by atoms with Gasteiger partial charge in [-0.15, -0.1) is 6.58 Å². The van der Waals surface area contributed by atoms with Crippen molar-refractivity contribution in [1.29, 1.82) is 0 Å². The highest BCUT2D eigenvalue weighted by Gasteiger charge is 2.12. The van der Waals surface area contributed by atoms with Crippen LogP contribution in [-0.2, 0) is 0 Å². The van der Waals surface area contributed by atoms with E-state index in [0.29, 0.717) is 12.1 Å². The molecule has 1 aromatic heterocycles.